The number of hydrogen-bond donors (Lipinski definition) is 1. The average Bonchev–Trinajstić information content (AvgIpc) is 3.24. The highest BCUT2D eigenvalue weighted by Crippen LogP contribution is 2.35. The first kappa shape index (κ1) is 41.1. The highest BCUT2D eigenvalue weighted by Gasteiger charge is 2.55. The smallest absolute Gasteiger partial charge is 0.338 e. The molecular formula is C43H48O13. The van der Waals surface area contributed by atoms with Crippen molar-refractivity contribution in [2.75, 3.05) is 27.9 Å². The fraction of sp³-hybridized carbons (Fsp3) is 0.395. The third-order valence-corrected chi connectivity index (χ3v) is 9.57. The summed E-state index contributed by atoms with van der Waals surface area (Å²) < 4.78 is 61.2. The third kappa shape index (κ3) is 10.4. The van der Waals surface area contributed by atoms with Gasteiger partial charge in [0.2, 0.25) is 0 Å². The number of rotatable bonds is 17. The van der Waals surface area contributed by atoms with Gasteiger partial charge < -0.3 is 52.5 Å². The first-order valence-electron chi connectivity index (χ1n) is 18.4. The minimum absolute atomic E-state index is 0.00472. The van der Waals surface area contributed by atoms with Crippen molar-refractivity contribution < 1.29 is 62.1 Å². The normalized spacial score (nSPS) is 27.6. The van der Waals surface area contributed by atoms with E-state index in [2.05, 4.69) is 0 Å². The van der Waals surface area contributed by atoms with E-state index in [0.717, 1.165) is 16.7 Å². The zero-order chi connectivity index (χ0) is 39.3. The highest BCUT2D eigenvalue weighted by molar-refractivity contribution is 5.89. The maximum atomic E-state index is 13.6. The predicted molar refractivity (Wildman–Crippen MR) is 200 cm³/mol. The molecule has 10 atom stereocenters. The predicted octanol–water partition coefficient (Wildman–Crippen LogP) is 4.63. The van der Waals surface area contributed by atoms with E-state index >= 15 is 0 Å². The van der Waals surface area contributed by atoms with Crippen LogP contribution in [0.25, 0.3) is 0 Å². The van der Waals surface area contributed by atoms with Crippen LogP contribution in [0.3, 0.4) is 0 Å². The molecule has 56 heavy (non-hydrogen) atoms. The Morgan fingerprint density at radius 2 is 1.14 bits per heavy atom. The Balaban J connectivity index is 1.31. The molecule has 2 fully saturated rings. The Bertz CT molecular complexity index is 1760. The van der Waals surface area contributed by atoms with E-state index in [9.17, 15) is 14.7 Å². The van der Waals surface area contributed by atoms with Crippen LogP contribution in [0.15, 0.2) is 121 Å². The molecular weight excluding hydrogens is 724 g/mol. The molecule has 0 aliphatic carbocycles. The molecule has 0 aromatic heterocycles. The van der Waals surface area contributed by atoms with E-state index in [4.69, 9.17) is 47.4 Å². The van der Waals surface area contributed by atoms with Crippen LogP contribution in [0.4, 0.5) is 0 Å². The number of aliphatic hydroxyl groups is 1. The summed E-state index contributed by atoms with van der Waals surface area (Å²) in [4.78, 5) is 27.2. The van der Waals surface area contributed by atoms with Gasteiger partial charge in [-0.1, -0.05) is 109 Å². The highest BCUT2D eigenvalue weighted by atomic mass is 16.8. The summed E-state index contributed by atoms with van der Waals surface area (Å²) in [6.07, 6.45) is -12.0. The number of carbonyl (C=O) groups is 2. The van der Waals surface area contributed by atoms with Crippen LogP contribution in [0.1, 0.15) is 27.0 Å². The summed E-state index contributed by atoms with van der Waals surface area (Å²) >= 11 is 0. The van der Waals surface area contributed by atoms with Gasteiger partial charge in [0.1, 0.15) is 43.2 Å². The minimum atomic E-state index is -1.62. The summed E-state index contributed by atoms with van der Waals surface area (Å²) in [5, 5.41) is 11.5. The second-order valence-electron chi connectivity index (χ2n) is 13.3. The lowest BCUT2D eigenvalue weighted by Gasteiger charge is -2.48. The summed E-state index contributed by atoms with van der Waals surface area (Å²) in [5.74, 6) is -1.61. The lowest BCUT2D eigenvalue weighted by molar-refractivity contribution is -0.361. The molecule has 0 unspecified atom stereocenters. The number of ether oxygens (including phenoxy) is 10. The topological polar surface area (TPSA) is 147 Å². The van der Waals surface area contributed by atoms with Gasteiger partial charge in [0.05, 0.1) is 25.4 Å². The van der Waals surface area contributed by atoms with E-state index in [1.54, 1.807) is 42.5 Å². The maximum absolute atomic E-state index is 13.6. The van der Waals surface area contributed by atoms with Crippen molar-refractivity contribution in [1.82, 2.24) is 0 Å². The Hall–Kier alpha value is -4.54. The maximum Gasteiger partial charge on any atom is 0.338 e. The summed E-state index contributed by atoms with van der Waals surface area (Å²) in [7, 11) is 4.32. The molecule has 1 N–H and O–H groups in total. The average molecular weight is 773 g/mol. The van der Waals surface area contributed by atoms with Gasteiger partial charge in [-0.05, 0) is 28.8 Å². The number of benzene rings is 4. The van der Waals surface area contributed by atoms with Gasteiger partial charge in [-0.25, -0.2) is 9.59 Å². The first-order chi connectivity index (χ1) is 27.4. The molecule has 0 radical (unpaired) electrons. The van der Waals surface area contributed by atoms with Gasteiger partial charge >= 0.3 is 11.9 Å². The van der Waals surface area contributed by atoms with Crippen LogP contribution in [0.5, 0.6) is 0 Å². The van der Waals surface area contributed by atoms with Gasteiger partial charge in [0, 0.05) is 21.3 Å². The minimum Gasteiger partial charge on any atom is -0.459 e. The Labute approximate surface area is 326 Å². The zero-order valence-electron chi connectivity index (χ0n) is 31.5. The zero-order valence-corrected chi connectivity index (χ0v) is 31.5. The summed E-state index contributed by atoms with van der Waals surface area (Å²) in [6.45, 7) is 0.386. The van der Waals surface area contributed by atoms with Crippen LogP contribution in [-0.4, -0.2) is 106 Å². The molecule has 298 valence electrons. The van der Waals surface area contributed by atoms with E-state index in [1.165, 1.54) is 21.3 Å². The van der Waals surface area contributed by atoms with Crippen molar-refractivity contribution in [2.24, 2.45) is 0 Å². The fourth-order valence-corrected chi connectivity index (χ4v) is 6.70. The molecule has 6 rings (SSSR count). The lowest BCUT2D eigenvalue weighted by atomic mass is 9.96. The monoisotopic (exact) mass is 772 g/mol. The molecule has 2 aliphatic heterocycles. The van der Waals surface area contributed by atoms with Crippen molar-refractivity contribution in [3.8, 4) is 0 Å². The molecule has 2 heterocycles. The second-order valence-corrected chi connectivity index (χ2v) is 13.3. The molecule has 2 aliphatic rings. The number of esters is 2. The molecule has 0 amide bonds. The fourth-order valence-electron chi connectivity index (χ4n) is 6.70. The van der Waals surface area contributed by atoms with Gasteiger partial charge in [-0.15, -0.1) is 0 Å². The van der Waals surface area contributed by atoms with Crippen molar-refractivity contribution in [2.45, 2.75) is 81.2 Å². The molecule has 0 bridgehead atoms. The van der Waals surface area contributed by atoms with Gasteiger partial charge in [0.15, 0.2) is 24.8 Å². The Morgan fingerprint density at radius 1 is 0.589 bits per heavy atom. The van der Waals surface area contributed by atoms with Gasteiger partial charge in [-0.3, -0.25) is 0 Å². The van der Waals surface area contributed by atoms with Gasteiger partial charge in [0.25, 0.3) is 0 Å². The third-order valence-electron chi connectivity index (χ3n) is 9.57. The van der Waals surface area contributed by atoms with E-state index < -0.39 is 73.4 Å². The van der Waals surface area contributed by atoms with Crippen LogP contribution in [-0.2, 0) is 72.0 Å². The summed E-state index contributed by atoms with van der Waals surface area (Å²) in [6, 6.07) is 36.6. The van der Waals surface area contributed by atoms with Crippen molar-refractivity contribution >= 4 is 11.9 Å². The van der Waals surface area contributed by atoms with Crippen LogP contribution in [0.2, 0.25) is 0 Å². The molecule has 2 saturated heterocycles. The van der Waals surface area contributed by atoms with Crippen molar-refractivity contribution in [3.05, 3.63) is 144 Å². The lowest BCUT2D eigenvalue weighted by Crippen LogP contribution is -2.66. The molecule has 4 aromatic rings. The quantitative estimate of drug-likeness (QED) is 0.149. The van der Waals surface area contributed by atoms with E-state index in [1.807, 2.05) is 78.9 Å². The van der Waals surface area contributed by atoms with E-state index in [-0.39, 0.29) is 32.0 Å². The van der Waals surface area contributed by atoms with E-state index in [0.29, 0.717) is 0 Å². The summed E-state index contributed by atoms with van der Waals surface area (Å²) in [5.41, 5.74) is 2.81. The van der Waals surface area contributed by atoms with Gasteiger partial charge in [-0.2, -0.15) is 0 Å². The first-order valence-corrected chi connectivity index (χ1v) is 18.4. The van der Waals surface area contributed by atoms with Crippen molar-refractivity contribution in [3.63, 3.8) is 0 Å². The van der Waals surface area contributed by atoms with Crippen LogP contribution >= 0.6 is 0 Å². The SMILES string of the molecule is CO[C@H]1O[C@H](COCc2ccccc2)[C@@H](O[C@@H]2O[C@@H](C(=O)OCc3ccccc3)[C@@H](O)[C@H](OC)[C@H]2OC(=O)c2ccccc2)[C@H](OC)[C@H]1OCc1ccccc1. The van der Waals surface area contributed by atoms with Crippen LogP contribution in [0, 0.1) is 0 Å². The molecule has 0 spiro atoms. The largest absolute Gasteiger partial charge is 0.459 e. The Kier molecular flexibility index (Phi) is 15.1. The molecule has 13 heteroatoms. The molecule has 13 nitrogen and oxygen atoms in total. The number of hydrogen-bond acceptors (Lipinski definition) is 13. The van der Waals surface area contributed by atoms with Crippen LogP contribution < -0.4 is 0 Å². The number of methoxy groups -OCH3 is 3. The second kappa shape index (κ2) is 20.6. The molecule has 0 saturated carbocycles. The number of carbonyl (C=O) groups excluding carboxylic acids is 2. The molecule has 4 aromatic carbocycles. The van der Waals surface area contributed by atoms with Crippen molar-refractivity contribution in [1.29, 1.82) is 0 Å². The Morgan fingerprint density at radius 3 is 1.71 bits per heavy atom. The number of aliphatic hydroxyl groups excluding tert-OH is 1. The standard InChI is InChI=1S/C43H48O13/c1-47-35-33(44)36(41(46)52-26-30-20-12-6-13-21-30)56-43(39(35)54-40(45)31-22-14-7-15-23-31)55-34-32(27-50-24-28-16-8-4-9-17-28)53-42(49-3)38(37(34)48-2)51-25-29-18-10-5-11-19-29/h4-23,32-39,42-44H,24-27H2,1-3H3/t32-,33+,34-,35+,36-,37+,38-,39-,42+,43-/m1/s1.